The third kappa shape index (κ3) is 4.32. The highest BCUT2D eigenvalue weighted by atomic mass is 79.9. The van der Waals surface area contributed by atoms with Crippen molar-refractivity contribution in [3.8, 4) is 11.5 Å². The van der Waals surface area contributed by atoms with Crippen LogP contribution in [0.3, 0.4) is 0 Å². The monoisotopic (exact) mass is 404 g/mol. The number of anilines is 1. The van der Waals surface area contributed by atoms with Gasteiger partial charge in [-0.1, -0.05) is 35.0 Å². The van der Waals surface area contributed by atoms with Crippen LogP contribution in [0.15, 0.2) is 46.9 Å². The van der Waals surface area contributed by atoms with Gasteiger partial charge in [-0.3, -0.25) is 10.1 Å². The quantitative estimate of drug-likeness (QED) is 0.755. The summed E-state index contributed by atoms with van der Waals surface area (Å²) in [7, 11) is 0. The van der Waals surface area contributed by atoms with E-state index in [1.54, 1.807) is 12.1 Å². The van der Waals surface area contributed by atoms with Crippen LogP contribution in [-0.4, -0.2) is 18.7 Å². The van der Waals surface area contributed by atoms with Gasteiger partial charge in [0.15, 0.2) is 11.5 Å². The van der Waals surface area contributed by atoms with E-state index in [0.717, 1.165) is 16.5 Å². The van der Waals surface area contributed by atoms with Gasteiger partial charge in [0, 0.05) is 22.3 Å². The van der Waals surface area contributed by atoms with Crippen molar-refractivity contribution in [2.45, 2.75) is 32.4 Å². The second-order valence-corrected chi connectivity index (χ2v) is 6.87. The number of hydrogen-bond donors (Lipinski definition) is 2. The molecule has 1 heterocycles. The highest BCUT2D eigenvalue weighted by Crippen LogP contribution is 2.34. The number of benzene rings is 2. The fraction of sp³-hybridized carbons (Fsp3) is 0.316. The number of carbonyl (C=O) groups is 1. The zero-order valence-electron chi connectivity index (χ0n) is 14.2. The maximum Gasteiger partial charge on any atom is 0.241 e. The number of ether oxygens (including phenoxy) is 2. The van der Waals surface area contributed by atoms with Crippen molar-refractivity contribution in [1.29, 1.82) is 0 Å². The van der Waals surface area contributed by atoms with Gasteiger partial charge < -0.3 is 14.8 Å². The second kappa shape index (κ2) is 7.89. The van der Waals surface area contributed by atoms with Crippen LogP contribution in [0, 0.1) is 0 Å². The van der Waals surface area contributed by atoms with Crippen molar-refractivity contribution < 1.29 is 14.3 Å². The molecule has 0 saturated carbocycles. The average Bonchev–Trinajstić information content (AvgIpc) is 3.08. The summed E-state index contributed by atoms with van der Waals surface area (Å²) >= 11 is 3.45. The number of carbonyl (C=O) groups excluding carboxylic acids is 1. The van der Waals surface area contributed by atoms with Crippen LogP contribution in [0.4, 0.5) is 5.69 Å². The van der Waals surface area contributed by atoms with E-state index in [9.17, 15) is 4.79 Å². The van der Waals surface area contributed by atoms with Crippen LogP contribution < -0.4 is 20.1 Å². The summed E-state index contributed by atoms with van der Waals surface area (Å²) < 4.78 is 11.7. The van der Waals surface area contributed by atoms with E-state index in [1.165, 1.54) is 0 Å². The van der Waals surface area contributed by atoms with E-state index >= 15 is 0 Å². The Morgan fingerprint density at radius 1 is 1.16 bits per heavy atom. The van der Waals surface area contributed by atoms with E-state index in [1.807, 2.05) is 25.1 Å². The van der Waals surface area contributed by atoms with Crippen molar-refractivity contribution in [2.24, 2.45) is 0 Å². The molecule has 132 valence electrons. The molecule has 25 heavy (non-hydrogen) atoms. The fourth-order valence-electron chi connectivity index (χ4n) is 2.75. The molecule has 2 aromatic carbocycles. The average molecular weight is 405 g/mol. The Morgan fingerprint density at radius 2 is 1.88 bits per heavy atom. The smallest absolute Gasteiger partial charge is 0.241 e. The molecular formula is C19H21BrN2O3. The van der Waals surface area contributed by atoms with E-state index in [0.29, 0.717) is 17.2 Å². The lowest BCUT2D eigenvalue weighted by molar-refractivity contribution is -0.118. The summed E-state index contributed by atoms with van der Waals surface area (Å²) in [5.41, 5.74) is 1.85. The van der Waals surface area contributed by atoms with E-state index in [2.05, 4.69) is 45.6 Å². The van der Waals surface area contributed by atoms with Gasteiger partial charge in [0.05, 0.1) is 6.04 Å². The van der Waals surface area contributed by atoms with Crippen LogP contribution >= 0.6 is 15.9 Å². The lowest BCUT2D eigenvalue weighted by Gasteiger charge is -2.22. The molecule has 2 N–H and O–H groups in total. The zero-order valence-corrected chi connectivity index (χ0v) is 15.8. The van der Waals surface area contributed by atoms with E-state index in [4.69, 9.17) is 9.47 Å². The van der Waals surface area contributed by atoms with Crippen molar-refractivity contribution in [3.63, 3.8) is 0 Å². The molecule has 0 fully saturated rings. The Kier molecular flexibility index (Phi) is 5.60. The third-order valence-electron chi connectivity index (χ3n) is 4.17. The molecule has 0 bridgehead atoms. The Labute approximate surface area is 155 Å². The summed E-state index contributed by atoms with van der Waals surface area (Å²) in [6.07, 6.45) is 0.892. The van der Waals surface area contributed by atoms with Crippen molar-refractivity contribution in [3.05, 3.63) is 52.5 Å². The first-order valence-electron chi connectivity index (χ1n) is 8.29. The molecule has 3 rings (SSSR count). The summed E-state index contributed by atoms with van der Waals surface area (Å²) in [6, 6.07) is 13.3. The van der Waals surface area contributed by atoms with Gasteiger partial charge in [-0.25, -0.2) is 0 Å². The van der Waals surface area contributed by atoms with Crippen LogP contribution in [0.2, 0.25) is 0 Å². The van der Waals surface area contributed by atoms with Gasteiger partial charge in [-0.2, -0.15) is 0 Å². The number of fused-ring (bicyclic) bond motifs is 1. The Bertz CT molecular complexity index is 749. The number of nitrogens with one attached hydrogen (secondary N) is 2. The summed E-state index contributed by atoms with van der Waals surface area (Å²) in [5, 5.41) is 6.31. The van der Waals surface area contributed by atoms with Gasteiger partial charge in [0.1, 0.15) is 0 Å². The van der Waals surface area contributed by atoms with Crippen LogP contribution in [-0.2, 0) is 4.79 Å². The SMILES string of the molecule is CC[C@H](N[C@H](C)C(=O)Nc1ccc2c(c1)OCO2)c1ccc(Br)cc1. The molecule has 1 aliphatic rings. The van der Waals surface area contributed by atoms with E-state index in [-0.39, 0.29) is 24.8 Å². The fourth-order valence-corrected chi connectivity index (χ4v) is 3.01. The molecule has 2 atom stereocenters. The highest BCUT2D eigenvalue weighted by molar-refractivity contribution is 9.10. The third-order valence-corrected chi connectivity index (χ3v) is 4.69. The minimum atomic E-state index is -0.334. The topological polar surface area (TPSA) is 59.6 Å². The standard InChI is InChI=1S/C19H21BrN2O3/c1-3-16(13-4-6-14(20)7-5-13)21-12(2)19(23)22-15-8-9-17-18(10-15)25-11-24-17/h4-10,12,16,21H,3,11H2,1-2H3,(H,22,23)/t12-,16+/m1/s1. The predicted octanol–water partition coefficient (Wildman–Crippen LogP) is 4.25. The lowest BCUT2D eigenvalue weighted by Crippen LogP contribution is -2.40. The van der Waals surface area contributed by atoms with Gasteiger partial charge in [-0.15, -0.1) is 0 Å². The number of amides is 1. The largest absolute Gasteiger partial charge is 0.454 e. The molecule has 2 aromatic rings. The molecule has 1 amide bonds. The summed E-state index contributed by atoms with van der Waals surface area (Å²) in [5.74, 6) is 1.26. The lowest BCUT2D eigenvalue weighted by atomic mass is 10.0. The van der Waals surface area contributed by atoms with Crippen molar-refractivity contribution in [1.82, 2.24) is 5.32 Å². The molecule has 5 nitrogen and oxygen atoms in total. The first-order chi connectivity index (χ1) is 12.1. The van der Waals surface area contributed by atoms with Crippen molar-refractivity contribution >= 4 is 27.5 Å². The molecule has 0 saturated heterocycles. The van der Waals surface area contributed by atoms with Crippen LogP contribution in [0.1, 0.15) is 31.9 Å². The molecule has 0 aromatic heterocycles. The van der Waals surface area contributed by atoms with Crippen molar-refractivity contribution in [2.75, 3.05) is 12.1 Å². The molecule has 0 aliphatic carbocycles. The molecule has 0 radical (unpaired) electrons. The molecular weight excluding hydrogens is 384 g/mol. The minimum absolute atomic E-state index is 0.0885. The zero-order chi connectivity index (χ0) is 17.8. The van der Waals surface area contributed by atoms with Gasteiger partial charge in [0.2, 0.25) is 12.7 Å². The first-order valence-corrected chi connectivity index (χ1v) is 9.08. The minimum Gasteiger partial charge on any atom is -0.454 e. The molecule has 0 spiro atoms. The second-order valence-electron chi connectivity index (χ2n) is 5.96. The van der Waals surface area contributed by atoms with E-state index < -0.39 is 0 Å². The molecule has 0 unspecified atom stereocenters. The maximum atomic E-state index is 12.5. The van der Waals surface area contributed by atoms with Gasteiger partial charge in [0.25, 0.3) is 0 Å². The Hall–Kier alpha value is -2.05. The number of rotatable bonds is 6. The summed E-state index contributed by atoms with van der Waals surface area (Å²) in [4.78, 5) is 12.5. The Morgan fingerprint density at radius 3 is 2.60 bits per heavy atom. The number of halogens is 1. The summed E-state index contributed by atoms with van der Waals surface area (Å²) in [6.45, 7) is 4.18. The Balaban J connectivity index is 1.62. The van der Waals surface area contributed by atoms with Gasteiger partial charge in [-0.05, 0) is 43.2 Å². The van der Waals surface area contributed by atoms with Crippen LogP contribution in [0.5, 0.6) is 11.5 Å². The predicted molar refractivity (Wildman–Crippen MR) is 101 cm³/mol. The highest BCUT2D eigenvalue weighted by Gasteiger charge is 2.19. The maximum absolute atomic E-state index is 12.5. The van der Waals surface area contributed by atoms with Crippen LogP contribution in [0.25, 0.3) is 0 Å². The first kappa shape index (κ1) is 17.8. The molecule has 6 heteroatoms. The molecule has 1 aliphatic heterocycles. The normalized spacial score (nSPS) is 14.8. The van der Waals surface area contributed by atoms with Gasteiger partial charge >= 0.3 is 0 Å². The number of hydrogen-bond acceptors (Lipinski definition) is 4.